The van der Waals surface area contributed by atoms with Gasteiger partial charge < -0.3 is 5.32 Å². The van der Waals surface area contributed by atoms with Crippen LogP contribution in [0.1, 0.15) is 26.7 Å². The van der Waals surface area contributed by atoms with E-state index in [1.807, 2.05) is 7.05 Å². The highest BCUT2D eigenvalue weighted by Crippen LogP contribution is 2.40. The molecule has 1 fully saturated rings. The zero-order chi connectivity index (χ0) is 14.0. The summed E-state index contributed by atoms with van der Waals surface area (Å²) >= 11 is 1.54. The van der Waals surface area contributed by atoms with E-state index < -0.39 is 11.6 Å². The molecule has 0 aliphatic heterocycles. The van der Waals surface area contributed by atoms with Crippen LogP contribution in [0.3, 0.4) is 0 Å². The van der Waals surface area contributed by atoms with E-state index in [4.69, 9.17) is 0 Å². The Bertz CT molecular complexity index is 438. The topological polar surface area (TPSA) is 12.0 Å². The molecule has 0 bridgehead atoms. The van der Waals surface area contributed by atoms with Crippen LogP contribution in [0.15, 0.2) is 23.1 Å². The maximum absolute atomic E-state index is 13.8. The Hall–Kier alpha value is -0.610. The maximum atomic E-state index is 13.8. The van der Waals surface area contributed by atoms with Crippen LogP contribution in [0, 0.1) is 23.5 Å². The van der Waals surface area contributed by atoms with Crippen molar-refractivity contribution in [3.63, 3.8) is 0 Å². The zero-order valence-electron chi connectivity index (χ0n) is 11.6. The molecular formula is C15H21F2NS. The molecular weight excluding hydrogens is 264 g/mol. The van der Waals surface area contributed by atoms with Crippen molar-refractivity contribution in [2.45, 2.75) is 42.9 Å². The van der Waals surface area contributed by atoms with Crippen molar-refractivity contribution in [1.82, 2.24) is 5.32 Å². The molecule has 1 aliphatic carbocycles. The summed E-state index contributed by atoms with van der Waals surface area (Å²) in [5, 5.41) is 3.68. The fraction of sp³-hybridized carbons (Fsp3) is 0.600. The number of thioether (sulfide) groups is 1. The normalized spacial score (nSPS) is 31.4. The van der Waals surface area contributed by atoms with Gasteiger partial charge in [0.05, 0.1) is 0 Å². The molecule has 106 valence electrons. The predicted octanol–water partition coefficient (Wildman–Crippen LogP) is 4.08. The van der Waals surface area contributed by atoms with Gasteiger partial charge in [-0.05, 0) is 43.9 Å². The van der Waals surface area contributed by atoms with Gasteiger partial charge in [0.2, 0.25) is 0 Å². The first-order valence-corrected chi connectivity index (χ1v) is 7.68. The van der Waals surface area contributed by atoms with Crippen LogP contribution in [-0.2, 0) is 0 Å². The smallest absolute Gasteiger partial charge is 0.139 e. The highest BCUT2D eigenvalue weighted by Gasteiger charge is 2.34. The van der Waals surface area contributed by atoms with E-state index in [1.165, 1.54) is 24.2 Å². The summed E-state index contributed by atoms with van der Waals surface area (Å²) in [4.78, 5) is 0.549. The van der Waals surface area contributed by atoms with Gasteiger partial charge >= 0.3 is 0 Å². The Morgan fingerprint density at radius 1 is 1.21 bits per heavy atom. The Kier molecular flexibility index (Phi) is 4.85. The third kappa shape index (κ3) is 3.48. The first-order chi connectivity index (χ1) is 9.01. The third-order valence-corrected chi connectivity index (χ3v) is 5.57. The minimum atomic E-state index is -0.516. The number of hydrogen-bond donors (Lipinski definition) is 1. The predicted molar refractivity (Wildman–Crippen MR) is 76.4 cm³/mol. The van der Waals surface area contributed by atoms with Crippen molar-refractivity contribution in [3.05, 3.63) is 29.8 Å². The second-order valence-corrected chi connectivity index (χ2v) is 6.83. The van der Waals surface area contributed by atoms with Crippen molar-refractivity contribution < 1.29 is 8.78 Å². The van der Waals surface area contributed by atoms with Gasteiger partial charge in [0, 0.05) is 22.3 Å². The van der Waals surface area contributed by atoms with E-state index in [9.17, 15) is 8.78 Å². The van der Waals surface area contributed by atoms with Gasteiger partial charge in [0.25, 0.3) is 0 Å². The van der Waals surface area contributed by atoms with Crippen molar-refractivity contribution >= 4 is 11.8 Å². The van der Waals surface area contributed by atoms with E-state index >= 15 is 0 Å². The van der Waals surface area contributed by atoms with E-state index in [0.29, 0.717) is 28.0 Å². The van der Waals surface area contributed by atoms with E-state index in [0.717, 1.165) is 12.5 Å². The molecule has 0 saturated heterocycles. The van der Waals surface area contributed by atoms with Crippen LogP contribution < -0.4 is 5.32 Å². The van der Waals surface area contributed by atoms with Crippen LogP contribution in [0.5, 0.6) is 0 Å². The summed E-state index contributed by atoms with van der Waals surface area (Å²) in [6.07, 6.45) is 2.28. The molecule has 4 heteroatoms. The molecule has 0 radical (unpaired) electrons. The molecule has 4 unspecified atom stereocenters. The van der Waals surface area contributed by atoms with E-state index in [1.54, 1.807) is 6.07 Å². The fourth-order valence-electron chi connectivity index (χ4n) is 3.03. The number of benzene rings is 1. The molecule has 2 rings (SSSR count). The summed E-state index contributed by atoms with van der Waals surface area (Å²) in [6.45, 7) is 4.49. The number of rotatable bonds is 3. The lowest BCUT2D eigenvalue weighted by Crippen LogP contribution is -2.44. The van der Waals surface area contributed by atoms with Gasteiger partial charge in [-0.15, -0.1) is 11.8 Å². The van der Waals surface area contributed by atoms with Crippen molar-refractivity contribution in [2.24, 2.45) is 11.8 Å². The second-order valence-electron chi connectivity index (χ2n) is 5.61. The van der Waals surface area contributed by atoms with Crippen molar-refractivity contribution in [2.75, 3.05) is 7.05 Å². The van der Waals surface area contributed by atoms with Gasteiger partial charge in [0.1, 0.15) is 11.6 Å². The molecule has 1 aliphatic rings. The van der Waals surface area contributed by atoms with Crippen LogP contribution >= 0.6 is 11.8 Å². The Balaban J connectivity index is 2.15. The Morgan fingerprint density at radius 2 is 1.95 bits per heavy atom. The average Bonchev–Trinajstić information content (AvgIpc) is 2.34. The summed E-state index contributed by atoms with van der Waals surface area (Å²) in [5.74, 6) is 0.251. The highest BCUT2D eigenvalue weighted by atomic mass is 32.2. The molecule has 1 aromatic carbocycles. The lowest BCUT2D eigenvalue weighted by molar-refractivity contribution is 0.257. The SMILES string of the molecule is CNC1CC(C)CC(C)C1Sc1ccc(F)cc1F. The third-order valence-electron chi connectivity index (χ3n) is 3.92. The monoisotopic (exact) mass is 285 g/mol. The molecule has 1 nitrogen and oxygen atoms in total. The van der Waals surface area contributed by atoms with Crippen LogP contribution in [0.25, 0.3) is 0 Å². The lowest BCUT2D eigenvalue weighted by Gasteiger charge is -2.39. The highest BCUT2D eigenvalue weighted by molar-refractivity contribution is 8.00. The molecule has 1 saturated carbocycles. The van der Waals surface area contributed by atoms with Crippen LogP contribution in [0.4, 0.5) is 8.78 Å². The molecule has 0 spiro atoms. The first kappa shape index (κ1) is 14.8. The van der Waals surface area contributed by atoms with Crippen molar-refractivity contribution in [3.8, 4) is 0 Å². The van der Waals surface area contributed by atoms with Gasteiger partial charge in [-0.2, -0.15) is 0 Å². The van der Waals surface area contributed by atoms with E-state index in [2.05, 4.69) is 19.2 Å². The molecule has 0 amide bonds. The molecule has 4 atom stereocenters. The van der Waals surface area contributed by atoms with Gasteiger partial charge in [-0.25, -0.2) is 8.78 Å². The number of nitrogens with one attached hydrogen (secondary N) is 1. The average molecular weight is 285 g/mol. The first-order valence-electron chi connectivity index (χ1n) is 6.80. The molecule has 1 N–H and O–H groups in total. The van der Waals surface area contributed by atoms with E-state index in [-0.39, 0.29) is 0 Å². The van der Waals surface area contributed by atoms with Crippen LogP contribution in [0.2, 0.25) is 0 Å². The quantitative estimate of drug-likeness (QED) is 0.898. The maximum Gasteiger partial charge on any atom is 0.139 e. The number of hydrogen-bond acceptors (Lipinski definition) is 2. The minimum Gasteiger partial charge on any atom is -0.316 e. The van der Waals surface area contributed by atoms with Crippen LogP contribution in [-0.4, -0.2) is 18.3 Å². The minimum absolute atomic E-state index is 0.334. The zero-order valence-corrected chi connectivity index (χ0v) is 12.4. The second kappa shape index (κ2) is 6.23. The lowest BCUT2D eigenvalue weighted by atomic mass is 9.80. The van der Waals surface area contributed by atoms with Crippen molar-refractivity contribution in [1.29, 1.82) is 0 Å². The standard InChI is InChI=1S/C15H21F2NS/c1-9-6-10(2)15(13(7-9)18-3)19-14-5-4-11(16)8-12(14)17/h4-5,8-10,13,15,18H,6-7H2,1-3H3. The Morgan fingerprint density at radius 3 is 2.58 bits per heavy atom. The van der Waals surface area contributed by atoms with Gasteiger partial charge in [-0.1, -0.05) is 13.8 Å². The van der Waals surface area contributed by atoms with Gasteiger partial charge in [0.15, 0.2) is 0 Å². The summed E-state index contributed by atoms with van der Waals surface area (Å²) in [5.41, 5.74) is 0. The summed E-state index contributed by atoms with van der Waals surface area (Å²) < 4.78 is 26.7. The molecule has 19 heavy (non-hydrogen) atoms. The van der Waals surface area contributed by atoms with Gasteiger partial charge in [-0.3, -0.25) is 0 Å². The summed E-state index contributed by atoms with van der Waals surface area (Å²) in [7, 11) is 1.96. The molecule has 1 aromatic rings. The molecule has 0 heterocycles. The Labute approximate surface area is 118 Å². The number of halogens is 2. The fourth-order valence-corrected chi connectivity index (χ4v) is 4.39. The summed E-state index contributed by atoms with van der Waals surface area (Å²) in [6, 6.07) is 4.23. The molecule has 0 aromatic heterocycles. The largest absolute Gasteiger partial charge is 0.316 e.